The van der Waals surface area contributed by atoms with Crippen LogP contribution in [0.25, 0.3) is 0 Å². The zero-order chi connectivity index (χ0) is 11.5. The zero-order valence-electron chi connectivity index (χ0n) is 10.6. The third-order valence-electron chi connectivity index (χ3n) is 2.83. The van der Waals surface area contributed by atoms with Crippen LogP contribution in [0.4, 0.5) is 4.39 Å². The third kappa shape index (κ3) is 6.85. The van der Waals surface area contributed by atoms with Crippen molar-refractivity contribution in [1.29, 1.82) is 0 Å². The first-order chi connectivity index (χ1) is 7.34. The molecule has 0 amide bonds. The van der Waals surface area contributed by atoms with Gasteiger partial charge in [0.15, 0.2) is 0 Å². The van der Waals surface area contributed by atoms with E-state index in [1.54, 1.807) is 0 Å². The maximum atomic E-state index is 11.7. The molecule has 1 fully saturated rings. The summed E-state index contributed by atoms with van der Waals surface area (Å²) >= 11 is 0. The lowest BCUT2D eigenvalue weighted by molar-refractivity contribution is 0.160. The minimum atomic E-state index is -0.203. The average Bonchev–Trinajstić information content (AvgIpc) is 2.18. The molecule has 0 aliphatic heterocycles. The summed E-state index contributed by atoms with van der Waals surface area (Å²) in [6.45, 7) is 6.70. The molecule has 1 N–H and O–H groups in total. The number of nitrogens with zero attached hydrogens (tertiary/aromatic N) is 1. The Kier molecular flexibility index (Phi) is 10.3. The predicted molar refractivity (Wildman–Crippen MR) is 65.1 cm³/mol. The largest absolute Gasteiger partial charge is 0.315 e. The number of halogens is 1. The van der Waals surface area contributed by atoms with Crippen molar-refractivity contribution < 1.29 is 4.39 Å². The molecule has 92 valence electrons. The van der Waals surface area contributed by atoms with Gasteiger partial charge in [0.1, 0.15) is 0 Å². The minimum Gasteiger partial charge on any atom is -0.315 e. The van der Waals surface area contributed by atoms with Crippen LogP contribution in [0.1, 0.15) is 39.5 Å². The first-order valence-electron chi connectivity index (χ1n) is 6.31. The zero-order valence-corrected chi connectivity index (χ0v) is 10.6. The number of hydrogen-bond acceptors (Lipinski definition) is 2. The summed E-state index contributed by atoms with van der Waals surface area (Å²) in [4.78, 5) is 2.41. The van der Waals surface area contributed by atoms with E-state index in [-0.39, 0.29) is 6.67 Å². The van der Waals surface area contributed by atoms with Crippen molar-refractivity contribution >= 4 is 0 Å². The number of rotatable bonds is 7. The van der Waals surface area contributed by atoms with E-state index in [0.717, 1.165) is 25.7 Å². The first-order valence-corrected chi connectivity index (χ1v) is 6.31. The van der Waals surface area contributed by atoms with Gasteiger partial charge in [0, 0.05) is 19.1 Å². The summed E-state index contributed by atoms with van der Waals surface area (Å²) in [7, 11) is 2.18. The lowest BCUT2D eigenvalue weighted by atomic mass is 9.92. The van der Waals surface area contributed by atoms with Gasteiger partial charge in [-0.05, 0) is 32.9 Å². The Hall–Kier alpha value is -0.150. The molecule has 0 bridgehead atoms. The molecule has 3 heteroatoms. The molecule has 0 saturated heterocycles. The van der Waals surface area contributed by atoms with Crippen molar-refractivity contribution in [1.82, 2.24) is 10.2 Å². The molecular formula is C12H27FN2. The summed E-state index contributed by atoms with van der Waals surface area (Å²) in [5.41, 5.74) is 0. The summed E-state index contributed by atoms with van der Waals surface area (Å²) in [6.07, 6.45) is 4.76. The van der Waals surface area contributed by atoms with Gasteiger partial charge in [-0.25, -0.2) is 0 Å². The first kappa shape index (κ1) is 14.8. The maximum Gasteiger partial charge on any atom is 0.0906 e. The molecule has 0 spiro atoms. The van der Waals surface area contributed by atoms with E-state index in [1.165, 1.54) is 19.3 Å². The predicted octanol–water partition coefficient (Wildman–Crippen LogP) is 2.45. The number of nitrogens with one attached hydrogen (secondary N) is 1. The molecule has 1 rings (SSSR count). The Bertz CT molecular complexity index is 127. The van der Waals surface area contributed by atoms with E-state index in [2.05, 4.69) is 17.3 Å². The van der Waals surface area contributed by atoms with E-state index in [4.69, 9.17) is 0 Å². The molecule has 1 saturated carbocycles. The van der Waals surface area contributed by atoms with Crippen molar-refractivity contribution in [3.05, 3.63) is 0 Å². The quantitative estimate of drug-likeness (QED) is 0.660. The summed E-state index contributed by atoms with van der Waals surface area (Å²) in [6, 6.07) is 0.822. The normalized spacial score (nSPS) is 15.8. The summed E-state index contributed by atoms with van der Waals surface area (Å²) in [5, 5.41) is 3.24. The maximum absolute atomic E-state index is 11.7. The van der Waals surface area contributed by atoms with Crippen LogP contribution >= 0.6 is 0 Å². The Balaban J connectivity index is 0.000000921. The highest BCUT2D eigenvalue weighted by Crippen LogP contribution is 2.22. The van der Waals surface area contributed by atoms with Gasteiger partial charge in [-0.3, -0.25) is 4.39 Å². The van der Waals surface area contributed by atoms with Crippen molar-refractivity contribution in [2.45, 2.75) is 45.6 Å². The van der Waals surface area contributed by atoms with Gasteiger partial charge >= 0.3 is 0 Å². The van der Waals surface area contributed by atoms with Gasteiger partial charge in [-0.15, -0.1) is 0 Å². The van der Waals surface area contributed by atoms with Crippen molar-refractivity contribution in [2.24, 2.45) is 0 Å². The highest BCUT2D eigenvalue weighted by molar-refractivity contribution is 4.77. The topological polar surface area (TPSA) is 15.3 Å². The van der Waals surface area contributed by atoms with Crippen LogP contribution in [0.2, 0.25) is 0 Å². The number of likely N-dealkylation sites (N-methyl/N-ethyl adjacent to an activating group) is 1. The van der Waals surface area contributed by atoms with Crippen LogP contribution in [0.5, 0.6) is 0 Å². The van der Waals surface area contributed by atoms with Gasteiger partial charge in [0.25, 0.3) is 0 Å². The van der Waals surface area contributed by atoms with Crippen LogP contribution in [0, 0.1) is 0 Å². The van der Waals surface area contributed by atoms with Crippen molar-refractivity contribution in [2.75, 3.05) is 33.4 Å². The second kappa shape index (κ2) is 10.4. The highest BCUT2D eigenvalue weighted by atomic mass is 19.1. The molecule has 0 heterocycles. The van der Waals surface area contributed by atoms with Gasteiger partial charge in [0.2, 0.25) is 0 Å². The van der Waals surface area contributed by atoms with Crippen LogP contribution < -0.4 is 5.32 Å². The lowest BCUT2D eigenvalue weighted by Crippen LogP contribution is -2.40. The number of alkyl halides is 1. The molecule has 1 aliphatic rings. The minimum absolute atomic E-state index is 0.203. The lowest BCUT2D eigenvalue weighted by Gasteiger charge is -2.34. The van der Waals surface area contributed by atoms with Gasteiger partial charge in [0.05, 0.1) is 6.67 Å². The molecule has 0 aromatic carbocycles. The van der Waals surface area contributed by atoms with Gasteiger partial charge < -0.3 is 10.2 Å². The third-order valence-corrected chi connectivity index (χ3v) is 2.83. The van der Waals surface area contributed by atoms with E-state index >= 15 is 0 Å². The molecule has 15 heavy (non-hydrogen) atoms. The molecule has 0 aromatic rings. The fourth-order valence-electron chi connectivity index (χ4n) is 1.58. The van der Waals surface area contributed by atoms with Crippen molar-refractivity contribution in [3.63, 3.8) is 0 Å². The van der Waals surface area contributed by atoms with E-state index < -0.39 is 0 Å². The van der Waals surface area contributed by atoms with Gasteiger partial charge in [-0.1, -0.05) is 20.3 Å². The standard InChI is InChI=1S/C10H21FN2.C2H6/c1-13(10-4-2-5-10)9-8-12-7-3-6-11;1-2/h10,12H,2-9H2,1H3;1-2H3. The number of hydrogen-bond donors (Lipinski definition) is 1. The molecular weight excluding hydrogens is 191 g/mol. The van der Waals surface area contributed by atoms with E-state index in [9.17, 15) is 4.39 Å². The summed E-state index contributed by atoms with van der Waals surface area (Å²) < 4.78 is 11.7. The van der Waals surface area contributed by atoms with Crippen LogP contribution in [-0.2, 0) is 0 Å². The molecule has 1 aliphatic carbocycles. The highest BCUT2D eigenvalue weighted by Gasteiger charge is 2.20. The summed E-state index contributed by atoms with van der Waals surface area (Å²) in [5.74, 6) is 0. The Morgan fingerprint density at radius 1 is 1.27 bits per heavy atom. The van der Waals surface area contributed by atoms with Crippen LogP contribution in [0.15, 0.2) is 0 Å². The smallest absolute Gasteiger partial charge is 0.0906 e. The molecule has 2 nitrogen and oxygen atoms in total. The Morgan fingerprint density at radius 2 is 1.93 bits per heavy atom. The second-order valence-corrected chi connectivity index (χ2v) is 3.86. The van der Waals surface area contributed by atoms with E-state index in [0.29, 0.717) is 6.42 Å². The molecule has 0 aromatic heterocycles. The van der Waals surface area contributed by atoms with Gasteiger partial charge in [-0.2, -0.15) is 0 Å². The van der Waals surface area contributed by atoms with Crippen molar-refractivity contribution in [3.8, 4) is 0 Å². The average molecular weight is 218 g/mol. The second-order valence-electron chi connectivity index (χ2n) is 3.86. The SMILES string of the molecule is CC.CN(CCNCCCF)C1CCC1. The molecule has 0 unspecified atom stereocenters. The Labute approximate surface area is 94.2 Å². The fraction of sp³-hybridized carbons (Fsp3) is 1.00. The monoisotopic (exact) mass is 218 g/mol. The van der Waals surface area contributed by atoms with Crippen LogP contribution in [0.3, 0.4) is 0 Å². The fourth-order valence-corrected chi connectivity index (χ4v) is 1.58. The van der Waals surface area contributed by atoms with E-state index in [1.807, 2.05) is 13.8 Å². The van der Waals surface area contributed by atoms with Crippen LogP contribution in [-0.4, -0.2) is 44.3 Å². The molecule has 0 radical (unpaired) electrons. The molecule has 0 atom stereocenters. The Morgan fingerprint density at radius 3 is 2.40 bits per heavy atom.